The molecule has 0 fully saturated rings. The summed E-state index contributed by atoms with van der Waals surface area (Å²) in [5, 5.41) is 29.8. The molecule has 0 aromatic rings. The Kier molecular flexibility index (Phi) is 11.4. The number of carboxylic acid groups (broad SMARTS) is 1. The van der Waals surface area contributed by atoms with Crippen molar-refractivity contribution >= 4 is 34.9 Å². The molecule has 0 atom stereocenters. The number of rotatable bonds is 13. The summed E-state index contributed by atoms with van der Waals surface area (Å²) in [7, 11) is 0. The van der Waals surface area contributed by atoms with Crippen LogP contribution in [0.25, 0.3) is 0 Å². The molecule has 0 aliphatic heterocycles. The van der Waals surface area contributed by atoms with Crippen LogP contribution < -0.4 is 0 Å². The summed E-state index contributed by atoms with van der Waals surface area (Å²) in [6, 6.07) is 0. The van der Waals surface area contributed by atoms with Crippen LogP contribution in [-0.2, 0) is 19.2 Å². The Balaban J connectivity index is 1.99. The number of carbonyl (C=O) groups is 4. The van der Waals surface area contributed by atoms with Crippen LogP contribution in [-0.4, -0.2) is 81.3 Å². The predicted octanol–water partition coefficient (Wildman–Crippen LogP) is 4.78. The number of allylic oxidation sites excluding steroid dienone is 4. The molecule has 0 heterocycles. The number of aliphatic hydroxyl groups excluding tert-OH is 2. The average Bonchev–Trinajstić information content (AvgIpc) is 2.78. The zero-order valence-electron chi connectivity index (χ0n) is 24.8. The highest BCUT2D eigenvalue weighted by Crippen LogP contribution is 2.37. The highest BCUT2D eigenvalue weighted by atomic mass is 16.4. The SMILES string of the molecule is CC(=NCCCN(CCCN=C(C)C1=C(O)CC(C)(C)CC1=O)C(=O)CCC(=O)O)C1=C(O)CC(C)(C)CC1=O. The lowest BCUT2D eigenvalue weighted by atomic mass is 9.76. The van der Waals surface area contributed by atoms with E-state index in [9.17, 15) is 29.4 Å². The number of hydrogen-bond acceptors (Lipinski definition) is 8. The number of ketones is 2. The Labute approximate surface area is 237 Å². The molecule has 0 saturated heterocycles. The monoisotopic (exact) mass is 559 g/mol. The number of Topliss-reactive ketones (excluding diaryl/α,β-unsaturated/α-hetero) is 2. The molecule has 10 nitrogen and oxygen atoms in total. The van der Waals surface area contributed by atoms with E-state index in [-0.39, 0.29) is 63.8 Å². The molecule has 0 aromatic heterocycles. The van der Waals surface area contributed by atoms with E-state index in [1.165, 1.54) is 0 Å². The molecule has 0 aromatic carbocycles. The quantitative estimate of drug-likeness (QED) is 0.216. The standard InChI is InChI=1S/C30H45N3O7/c1-19(27-21(34)15-29(3,4)16-22(27)35)31-11-7-13-33(25(38)9-10-26(39)40)14-8-12-32-20(2)28-23(36)17-30(5,6)18-24(28)37/h34,36H,7-18H2,1-6H3,(H,39,40). The molecule has 0 saturated carbocycles. The fourth-order valence-electron chi connectivity index (χ4n) is 5.31. The number of amides is 1. The van der Waals surface area contributed by atoms with E-state index >= 15 is 0 Å². The summed E-state index contributed by atoms with van der Waals surface area (Å²) in [5.74, 6) is -1.45. The van der Waals surface area contributed by atoms with Gasteiger partial charge in [-0.25, -0.2) is 0 Å². The summed E-state index contributed by atoms with van der Waals surface area (Å²) in [6.07, 6.45) is 2.13. The lowest BCUT2D eigenvalue weighted by Crippen LogP contribution is -2.34. The van der Waals surface area contributed by atoms with Gasteiger partial charge in [0.05, 0.1) is 17.6 Å². The van der Waals surface area contributed by atoms with Crippen LogP contribution in [0.3, 0.4) is 0 Å². The van der Waals surface area contributed by atoms with Crippen LogP contribution in [0, 0.1) is 10.8 Å². The molecule has 2 rings (SSSR count). The second-order valence-electron chi connectivity index (χ2n) is 12.4. The maximum absolute atomic E-state index is 12.7. The van der Waals surface area contributed by atoms with E-state index in [4.69, 9.17) is 5.11 Å². The minimum Gasteiger partial charge on any atom is -0.511 e. The molecular formula is C30H45N3O7. The molecular weight excluding hydrogens is 514 g/mol. The molecule has 0 unspecified atom stereocenters. The Morgan fingerprint density at radius 2 is 1.15 bits per heavy atom. The van der Waals surface area contributed by atoms with Gasteiger partial charge in [0.1, 0.15) is 11.5 Å². The van der Waals surface area contributed by atoms with Crippen LogP contribution in [0.1, 0.15) is 92.9 Å². The normalized spacial score (nSPS) is 19.8. The number of carboxylic acids is 1. The Morgan fingerprint density at radius 3 is 1.50 bits per heavy atom. The summed E-state index contributed by atoms with van der Waals surface area (Å²) < 4.78 is 0. The lowest BCUT2D eigenvalue weighted by Gasteiger charge is -2.29. The van der Waals surface area contributed by atoms with Gasteiger partial charge in [0.2, 0.25) is 5.91 Å². The van der Waals surface area contributed by atoms with Crippen LogP contribution in [0.15, 0.2) is 32.6 Å². The molecule has 0 bridgehead atoms. The molecule has 10 heteroatoms. The number of nitrogens with zero attached hydrogens (tertiary/aromatic N) is 3. The summed E-state index contributed by atoms with van der Waals surface area (Å²) in [5.41, 5.74) is 0.940. The first kappa shape index (κ1) is 32.9. The van der Waals surface area contributed by atoms with E-state index < -0.39 is 5.97 Å². The third-order valence-electron chi connectivity index (χ3n) is 7.20. The fourth-order valence-corrected chi connectivity index (χ4v) is 5.31. The molecule has 222 valence electrons. The number of hydrogen-bond donors (Lipinski definition) is 3. The van der Waals surface area contributed by atoms with Crippen LogP contribution in [0.4, 0.5) is 0 Å². The van der Waals surface area contributed by atoms with Crippen molar-refractivity contribution in [3.05, 3.63) is 22.7 Å². The van der Waals surface area contributed by atoms with Gasteiger partial charge in [0.25, 0.3) is 0 Å². The molecule has 2 aliphatic rings. The van der Waals surface area contributed by atoms with Crippen LogP contribution in [0.2, 0.25) is 0 Å². The van der Waals surface area contributed by atoms with Crippen molar-refractivity contribution in [3.63, 3.8) is 0 Å². The number of aliphatic imine (C=N–C) groups is 2. The molecule has 0 radical (unpaired) electrons. The summed E-state index contributed by atoms with van der Waals surface area (Å²) >= 11 is 0. The van der Waals surface area contributed by atoms with Crippen molar-refractivity contribution in [3.8, 4) is 0 Å². The molecule has 40 heavy (non-hydrogen) atoms. The van der Waals surface area contributed by atoms with Crippen molar-refractivity contribution in [2.75, 3.05) is 26.2 Å². The molecule has 3 N–H and O–H groups in total. The van der Waals surface area contributed by atoms with E-state index in [2.05, 4.69) is 9.98 Å². The Morgan fingerprint density at radius 1 is 0.750 bits per heavy atom. The zero-order valence-corrected chi connectivity index (χ0v) is 24.8. The average molecular weight is 560 g/mol. The zero-order chi connectivity index (χ0) is 30.3. The third kappa shape index (κ3) is 9.71. The van der Waals surface area contributed by atoms with Crippen molar-refractivity contribution in [2.24, 2.45) is 20.8 Å². The Hall–Kier alpha value is -3.30. The minimum atomic E-state index is -1.05. The first-order chi connectivity index (χ1) is 18.5. The maximum Gasteiger partial charge on any atom is 0.303 e. The minimum absolute atomic E-state index is 0.0616. The van der Waals surface area contributed by atoms with Gasteiger partial charge in [-0.1, -0.05) is 27.7 Å². The summed E-state index contributed by atoms with van der Waals surface area (Å²) in [4.78, 5) is 59.3. The van der Waals surface area contributed by atoms with Gasteiger partial charge in [-0.15, -0.1) is 0 Å². The van der Waals surface area contributed by atoms with Crippen molar-refractivity contribution in [2.45, 2.75) is 92.9 Å². The second kappa shape index (κ2) is 13.9. The molecule has 2 aliphatic carbocycles. The van der Waals surface area contributed by atoms with E-state index in [0.29, 0.717) is 76.1 Å². The highest BCUT2D eigenvalue weighted by Gasteiger charge is 2.35. The first-order valence-electron chi connectivity index (χ1n) is 14.0. The van der Waals surface area contributed by atoms with Gasteiger partial charge in [-0.2, -0.15) is 0 Å². The maximum atomic E-state index is 12.7. The summed E-state index contributed by atoms with van der Waals surface area (Å²) in [6.45, 7) is 12.5. The van der Waals surface area contributed by atoms with Crippen molar-refractivity contribution in [1.82, 2.24) is 4.90 Å². The largest absolute Gasteiger partial charge is 0.511 e. The molecule has 0 spiro atoms. The number of carbonyl (C=O) groups excluding carboxylic acids is 3. The van der Waals surface area contributed by atoms with Crippen LogP contribution >= 0.6 is 0 Å². The predicted molar refractivity (Wildman–Crippen MR) is 154 cm³/mol. The van der Waals surface area contributed by atoms with E-state index in [1.54, 1.807) is 18.7 Å². The lowest BCUT2D eigenvalue weighted by molar-refractivity contribution is -0.141. The Bertz CT molecular complexity index is 1070. The van der Waals surface area contributed by atoms with Gasteiger partial charge in [-0.3, -0.25) is 29.2 Å². The number of aliphatic hydroxyl groups is 2. The van der Waals surface area contributed by atoms with E-state index in [1.807, 2.05) is 27.7 Å². The van der Waals surface area contributed by atoms with Crippen molar-refractivity contribution in [1.29, 1.82) is 0 Å². The van der Waals surface area contributed by atoms with Crippen LogP contribution in [0.5, 0.6) is 0 Å². The number of aliphatic carboxylic acids is 1. The van der Waals surface area contributed by atoms with Gasteiger partial charge in [-0.05, 0) is 37.5 Å². The smallest absolute Gasteiger partial charge is 0.303 e. The van der Waals surface area contributed by atoms with Gasteiger partial charge >= 0.3 is 5.97 Å². The van der Waals surface area contributed by atoms with Gasteiger partial charge in [0, 0.05) is 69.7 Å². The van der Waals surface area contributed by atoms with Gasteiger partial charge < -0.3 is 20.2 Å². The van der Waals surface area contributed by atoms with Crippen molar-refractivity contribution < 1.29 is 34.5 Å². The highest BCUT2D eigenvalue weighted by molar-refractivity contribution is 6.23. The second-order valence-corrected chi connectivity index (χ2v) is 12.4. The van der Waals surface area contributed by atoms with E-state index in [0.717, 1.165) is 0 Å². The van der Waals surface area contributed by atoms with Gasteiger partial charge in [0.15, 0.2) is 11.6 Å². The molecule has 1 amide bonds. The topological polar surface area (TPSA) is 157 Å². The fraction of sp³-hybridized carbons (Fsp3) is 0.667. The first-order valence-corrected chi connectivity index (χ1v) is 14.0. The third-order valence-corrected chi connectivity index (χ3v) is 7.20.